The van der Waals surface area contributed by atoms with E-state index in [1.165, 1.54) is 0 Å². The van der Waals surface area contributed by atoms with Crippen molar-refractivity contribution < 1.29 is 9.53 Å². The van der Waals surface area contributed by atoms with E-state index in [9.17, 15) is 4.79 Å². The van der Waals surface area contributed by atoms with Crippen molar-refractivity contribution >= 4 is 5.91 Å². The Morgan fingerprint density at radius 1 is 1.40 bits per heavy atom. The van der Waals surface area contributed by atoms with Crippen molar-refractivity contribution in [1.29, 1.82) is 0 Å². The first-order valence-electron chi connectivity index (χ1n) is 7.37. The molecule has 116 valence electrons. The number of ether oxygens (including phenoxy) is 1. The fourth-order valence-electron chi connectivity index (χ4n) is 2.21. The van der Waals surface area contributed by atoms with Crippen LogP contribution in [0.1, 0.15) is 19.8 Å². The SMILES string of the molecule is C=C(C)COCCNC1CCN(CC(=O)N(C)C)CC1. The summed E-state index contributed by atoms with van der Waals surface area (Å²) in [5, 5.41) is 3.52. The Kier molecular flexibility index (Phi) is 7.80. The van der Waals surface area contributed by atoms with Gasteiger partial charge in [0.2, 0.25) is 5.91 Å². The summed E-state index contributed by atoms with van der Waals surface area (Å²) in [4.78, 5) is 15.5. The molecule has 0 bridgehead atoms. The third-order valence-electron chi connectivity index (χ3n) is 3.47. The minimum absolute atomic E-state index is 0.185. The van der Waals surface area contributed by atoms with Crippen LogP contribution in [0.2, 0.25) is 0 Å². The van der Waals surface area contributed by atoms with E-state index >= 15 is 0 Å². The maximum atomic E-state index is 11.6. The second kappa shape index (κ2) is 9.10. The Balaban J connectivity index is 2.07. The maximum absolute atomic E-state index is 11.6. The summed E-state index contributed by atoms with van der Waals surface area (Å²) in [6, 6.07) is 0.550. The van der Waals surface area contributed by atoms with E-state index in [0.29, 0.717) is 19.2 Å². The average molecular weight is 283 g/mol. The first kappa shape index (κ1) is 17.1. The summed E-state index contributed by atoms with van der Waals surface area (Å²) in [7, 11) is 3.61. The molecule has 0 aromatic carbocycles. The average Bonchev–Trinajstić information content (AvgIpc) is 2.39. The minimum Gasteiger partial charge on any atom is -0.376 e. The quantitative estimate of drug-likeness (QED) is 0.527. The lowest BCUT2D eigenvalue weighted by molar-refractivity contribution is -0.130. The lowest BCUT2D eigenvalue weighted by Gasteiger charge is -2.32. The molecule has 5 heteroatoms. The van der Waals surface area contributed by atoms with Gasteiger partial charge in [0.15, 0.2) is 0 Å². The molecule has 0 saturated carbocycles. The molecule has 0 unspecified atom stereocenters. The number of nitrogens with one attached hydrogen (secondary N) is 1. The van der Waals surface area contributed by atoms with Crippen LogP contribution in [-0.2, 0) is 9.53 Å². The van der Waals surface area contributed by atoms with Crippen LogP contribution in [0.3, 0.4) is 0 Å². The van der Waals surface area contributed by atoms with Gasteiger partial charge < -0.3 is 15.0 Å². The topological polar surface area (TPSA) is 44.8 Å². The Hall–Kier alpha value is -0.910. The Bertz CT molecular complexity index is 310. The van der Waals surface area contributed by atoms with E-state index in [1.54, 1.807) is 4.90 Å². The van der Waals surface area contributed by atoms with Gasteiger partial charge in [-0.3, -0.25) is 9.69 Å². The summed E-state index contributed by atoms with van der Waals surface area (Å²) < 4.78 is 5.46. The van der Waals surface area contributed by atoms with Crippen LogP contribution in [0.25, 0.3) is 0 Å². The van der Waals surface area contributed by atoms with Crippen molar-refractivity contribution in [1.82, 2.24) is 15.1 Å². The Labute approximate surface area is 122 Å². The zero-order valence-corrected chi connectivity index (χ0v) is 13.2. The summed E-state index contributed by atoms with van der Waals surface area (Å²) >= 11 is 0. The van der Waals surface area contributed by atoms with Crippen molar-refractivity contribution in [2.45, 2.75) is 25.8 Å². The first-order valence-corrected chi connectivity index (χ1v) is 7.37. The van der Waals surface area contributed by atoms with Crippen molar-refractivity contribution in [3.05, 3.63) is 12.2 Å². The van der Waals surface area contributed by atoms with Gasteiger partial charge in [-0.05, 0) is 19.8 Å². The molecule has 1 fully saturated rings. The number of piperidine rings is 1. The first-order chi connectivity index (χ1) is 9.49. The highest BCUT2D eigenvalue weighted by Crippen LogP contribution is 2.10. The Morgan fingerprint density at radius 3 is 2.60 bits per heavy atom. The maximum Gasteiger partial charge on any atom is 0.236 e. The predicted octanol–water partition coefficient (Wildman–Crippen LogP) is 0.721. The van der Waals surface area contributed by atoms with Crippen LogP contribution in [-0.4, -0.2) is 75.2 Å². The summed E-state index contributed by atoms with van der Waals surface area (Å²) in [6.45, 7) is 10.6. The highest BCUT2D eigenvalue weighted by atomic mass is 16.5. The summed E-state index contributed by atoms with van der Waals surface area (Å²) in [5.74, 6) is 0.185. The fourth-order valence-corrected chi connectivity index (χ4v) is 2.21. The molecule has 0 aliphatic carbocycles. The van der Waals surface area contributed by atoms with Crippen molar-refractivity contribution in [2.75, 3.05) is 53.5 Å². The molecule has 0 aromatic rings. The number of carbonyl (C=O) groups excluding carboxylic acids is 1. The molecule has 1 heterocycles. The lowest BCUT2D eigenvalue weighted by Crippen LogP contribution is -2.46. The lowest BCUT2D eigenvalue weighted by atomic mass is 10.1. The van der Waals surface area contributed by atoms with Gasteiger partial charge in [0.1, 0.15) is 0 Å². The van der Waals surface area contributed by atoms with Gasteiger partial charge in [-0.2, -0.15) is 0 Å². The highest BCUT2D eigenvalue weighted by molar-refractivity contribution is 5.77. The zero-order chi connectivity index (χ0) is 15.0. The number of hydrogen-bond acceptors (Lipinski definition) is 4. The van der Waals surface area contributed by atoms with Crippen LogP contribution >= 0.6 is 0 Å². The van der Waals surface area contributed by atoms with Gasteiger partial charge in [-0.15, -0.1) is 0 Å². The second-order valence-electron chi connectivity index (χ2n) is 5.80. The molecule has 1 N–H and O–H groups in total. The zero-order valence-electron chi connectivity index (χ0n) is 13.2. The molecular formula is C15H29N3O2. The molecule has 0 radical (unpaired) electrons. The summed E-state index contributed by atoms with van der Waals surface area (Å²) in [5.41, 5.74) is 1.06. The number of hydrogen-bond donors (Lipinski definition) is 1. The third kappa shape index (κ3) is 7.03. The number of likely N-dealkylation sites (tertiary alicyclic amines) is 1. The van der Waals surface area contributed by atoms with Crippen molar-refractivity contribution in [3.8, 4) is 0 Å². The van der Waals surface area contributed by atoms with Gasteiger partial charge in [0.25, 0.3) is 0 Å². The van der Waals surface area contributed by atoms with Crippen LogP contribution in [0.4, 0.5) is 0 Å². The molecule has 1 saturated heterocycles. The van der Waals surface area contributed by atoms with Gasteiger partial charge in [-0.25, -0.2) is 0 Å². The number of likely N-dealkylation sites (N-methyl/N-ethyl adjacent to an activating group) is 1. The van der Waals surface area contributed by atoms with E-state index < -0.39 is 0 Å². The molecule has 1 amide bonds. The van der Waals surface area contributed by atoms with Gasteiger partial charge in [0.05, 0.1) is 19.8 Å². The van der Waals surface area contributed by atoms with Crippen LogP contribution in [0.15, 0.2) is 12.2 Å². The standard InChI is InChI=1S/C15H29N3O2/c1-13(2)12-20-10-7-16-14-5-8-18(9-6-14)11-15(19)17(3)4/h14,16H,1,5-12H2,2-4H3. The van der Waals surface area contributed by atoms with E-state index in [0.717, 1.165) is 44.7 Å². The monoisotopic (exact) mass is 283 g/mol. The van der Waals surface area contributed by atoms with E-state index in [4.69, 9.17) is 4.74 Å². The molecule has 1 rings (SSSR count). The molecule has 0 aromatic heterocycles. The number of amides is 1. The molecule has 5 nitrogen and oxygen atoms in total. The second-order valence-corrected chi connectivity index (χ2v) is 5.80. The van der Waals surface area contributed by atoms with Crippen molar-refractivity contribution in [3.63, 3.8) is 0 Å². The third-order valence-corrected chi connectivity index (χ3v) is 3.47. The summed E-state index contributed by atoms with van der Waals surface area (Å²) in [6.07, 6.45) is 2.20. The Morgan fingerprint density at radius 2 is 2.05 bits per heavy atom. The number of nitrogens with zero attached hydrogens (tertiary/aromatic N) is 2. The van der Waals surface area contributed by atoms with Crippen LogP contribution in [0.5, 0.6) is 0 Å². The van der Waals surface area contributed by atoms with E-state index in [1.807, 2.05) is 21.0 Å². The van der Waals surface area contributed by atoms with Crippen LogP contribution in [0, 0.1) is 0 Å². The number of carbonyl (C=O) groups is 1. The molecule has 20 heavy (non-hydrogen) atoms. The van der Waals surface area contributed by atoms with Gasteiger partial charge in [0, 0.05) is 39.8 Å². The molecule has 1 aliphatic heterocycles. The minimum atomic E-state index is 0.185. The molecule has 1 aliphatic rings. The highest BCUT2D eigenvalue weighted by Gasteiger charge is 2.20. The fraction of sp³-hybridized carbons (Fsp3) is 0.800. The van der Waals surface area contributed by atoms with Gasteiger partial charge >= 0.3 is 0 Å². The molecule has 0 atom stereocenters. The van der Waals surface area contributed by atoms with E-state index in [-0.39, 0.29) is 5.91 Å². The molecule has 0 spiro atoms. The largest absolute Gasteiger partial charge is 0.376 e. The number of rotatable bonds is 8. The predicted molar refractivity (Wildman–Crippen MR) is 81.8 cm³/mol. The molecular weight excluding hydrogens is 254 g/mol. The van der Waals surface area contributed by atoms with E-state index in [2.05, 4.69) is 16.8 Å². The smallest absolute Gasteiger partial charge is 0.236 e. The van der Waals surface area contributed by atoms with Gasteiger partial charge in [-0.1, -0.05) is 12.2 Å². The van der Waals surface area contributed by atoms with Crippen molar-refractivity contribution in [2.24, 2.45) is 0 Å². The normalized spacial score (nSPS) is 17.1. The van der Waals surface area contributed by atoms with Crippen LogP contribution < -0.4 is 5.32 Å².